The van der Waals surface area contributed by atoms with Gasteiger partial charge in [0.1, 0.15) is 6.07 Å². The molecule has 0 saturated carbocycles. The van der Waals surface area contributed by atoms with Crippen LogP contribution < -0.4 is 5.73 Å². The van der Waals surface area contributed by atoms with Gasteiger partial charge in [-0.25, -0.2) is 0 Å². The van der Waals surface area contributed by atoms with Crippen molar-refractivity contribution in [2.24, 2.45) is 17.1 Å². The fourth-order valence-corrected chi connectivity index (χ4v) is 4.99. The van der Waals surface area contributed by atoms with Crippen LogP contribution in [0.3, 0.4) is 0 Å². The summed E-state index contributed by atoms with van der Waals surface area (Å²) < 4.78 is 0. The van der Waals surface area contributed by atoms with E-state index < -0.39 is 11.3 Å². The van der Waals surface area contributed by atoms with Gasteiger partial charge < -0.3 is 5.73 Å². The molecule has 0 radical (unpaired) electrons. The number of nitriles is 3. The van der Waals surface area contributed by atoms with E-state index in [9.17, 15) is 15.8 Å². The summed E-state index contributed by atoms with van der Waals surface area (Å²) in [5, 5.41) is 30.7. The maximum absolute atomic E-state index is 10.2. The fraction of sp³-hybridized carbons (Fsp3) is 0.240. The summed E-state index contributed by atoms with van der Waals surface area (Å²) in [6.45, 7) is 1.99. The van der Waals surface area contributed by atoms with Crippen LogP contribution in [0.5, 0.6) is 0 Å². The summed E-state index contributed by atoms with van der Waals surface area (Å²) in [5.74, 6) is -0.777. The summed E-state index contributed by atoms with van der Waals surface area (Å²) in [5.41, 5.74) is 7.75. The minimum atomic E-state index is -1.65. The van der Waals surface area contributed by atoms with Crippen LogP contribution in [0.4, 0.5) is 0 Å². The summed E-state index contributed by atoms with van der Waals surface area (Å²) in [6.07, 6.45) is 2.01. The van der Waals surface area contributed by atoms with Crippen molar-refractivity contribution in [3.63, 3.8) is 0 Å². The third-order valence-corrected chi connectivity index (χ3v) is 6.43. The molecule has 4 rings (SSSR count). The van der Waals surface area contributed by atoms with Crippen molar-refractivity contribution in [2.45, 2.75) is 12.5 Å². The van der Waals surface area contributed by atoms with Gasteiger partial charge in [0.15, 0.2) is 5.41 Å². The van der Waals surface area contributed by atoms with E-state index in [1.807, 2.05) is 36.4 Å². The minimum absolute atomic E-state index is 0.0315. The second-order valence-corrected chi connectivity index (χ2v) is 8.35. The Morgan fingerprint density at radius 2 is 1.81 bits per heavy atom. The first-order valence-corrected chi connectivity index (χ1v) is 10.4. The van der Waals surface area contributed by atoms with Gasteiger partial charge in [0, 0.05) is 36.5 Å². The van der Waals surface area contributed by atoms with E-state index in [4.69, 9.17) is 17.3 Å². The molecule has 2 aliphatic rings. The standard InChI is InChI=1S/C25H20ClN5/c26-19-8-4-7-18(11-19)23-22-14-31(13-17-5-2-1-3-6-17)10-9-20(22)21(12-27)24(30)25(23,15-28)16-29/h1-9,11,22-23H,10,13-14,30H2/t22-,23-/m0/s1. The number of fused-ring (bicyclic) bond motifs is 1. The lowest BCUT2D eigenvalue weighted by molar-refractivity contribution is 0.201. The first-order valence-electron chi connectivity index (χ1n) is 9.99. The van der Waals surface area contributed by atoms with Gasteiger partial charge in [-0.05, 0) is 28.8 Å². The van der Waals surface area contributed by atoms with E-state index in [1.54, 1.807) is 12.1 Å². The van der Waals surface area contributed by atoms with Gasteiger partial charge in [0.25, 0.3) is 0 Å². The molecule has 1 aliphatic heterocycles. The summed E-state index contributed by atoms with van der Waals surface area (Å²) in [6, 6.07) is 23.8. The molecule has 2 aromatic rings. The first-order chi connectivity index (χ1) is 15.0. The molecule has 0 aromatic heterocycles. The van der Waals surface area contributed by atoms with Gasteiger partial charge in [0.05, 0.1) is 23.4 Å². The number of halogens is 1. The van der Waals surface area contributed by atoms with E-state index in [0.717, 1.165) is 17.7 Å². The van der Waals surface area contributed by atoms with E-state index in [-0.39, 0.29) is 17.2 Å². The zero-order chi connectivity index (χ0) is 22.0. The molecule has 6 heteroatoms. The molecule has 1 heterocycles. The van der Waals surface area contributed by atoms with Gasteiger partial charge in [0.2, 0.25) is 0 Å². The Balaban J connectivity index is 1.85. The molecular formula is C25H20ClN5. The van der Waals surface area contributed by atoms with Gasteiger partial charge in [-0.3, -0.25) is 4.90 Å². The molecule has 2 aromatic carbocycles. The summed E-state index contributed by atoms with van der Waals surface area (Å²) in [4.78, 5) is 2.26. The maximum Gasteiger partial charge on any atom is 0.191 e. The zero-order valence-corrected chi connectivity index (χ0v) is 17.5. The number of benzene rings is 2. The van der Waals surface area contributed by atoms with E-state index in [0.29, 0.717) is 18.1 Å². The number of nitrogens with zero attached hydrogens (tertiary/aromatic N) is 4. The molecule has 0 spiro atoms. The number of rotatable bonds is 3. The third-order valence-electron chi connectivity index (χ3n) is 6.20. The molecule has 0 saturated heterocycles. The molecule has 152 valence electrons. The largest absolute Gasteiger partial charge is 0.399 e. The predicted octanol–water partition coefficient (Wildman–Crippen LogP) is 4.27. The van der Waals surface area contributed by atoms with Gasteiger partial charge in [-0.2, -0.15) is 15.8 Å². The van der Waals surface area contributed by atoms with Crippen LogP contribution in [0.1, 0.15) is 17.0 Å². The Bertz CT molecular complexity index is 1180. The maximum atomic E-state index is 10.2. The molecule has 0 unspecified atom stereocenters. The molecule has 5 nitrogen and oxygen atoms in total. The predicted molar refractivity (Wildman–Crippen MR) is 118 cm³/mol. The van der Waals surface area contributed by atoms with Crippen LogP contribution in [0.2, 0.25) is 5.02 Å². The normalized spacial score (nSPS) is 22.5. The van der Waals surface area contributed by atoms with Crippen molar-refractivity contribution in [3.05, 3.63) is 93.7 Å². The van der Waals surface area contributed by atoms with Crippen molar-refractivity contribution >= 4 is 11.6 Å². The number of hydrogen-bond donors (Lipinski definition) is 1. The van der Waals surface area contributed by atoms with Crippen LogP contribution in [-0.4, -0.2) is 18.0 Å². The first kappa shape index (κ1) is 20.7. The average molecular weight is 426 g/mol. The van der Waals surface area contributed by atoms with Gasteiger partial charge in [-0.1, -0.05) is 60.1 Å². The minimum Gasteiger partial charge on any atom is -0.399 e. The highest BCUT2D eigenvalue weighted by Gasteiger charge is 2.54. The Morgan fingerprint density at radius 3 is 2.45 bits per heavy atom. The molecule has 1 aliphatic carbocycles. The second kappa shape index (κ2) is 8.29. The SMILES string of the molecule is N#CC1=C(N)C(C#N)(C#N)[C@@H](c2cccc(Cl)c2)[C@H]2CN(Cc3ccccc3)CC=C12. The van der Waals surface area contributed by atoms with Crippen molar-refractivity contribution in [1.82, 2.24) is 4.90 Å². The molecular weight excluding hydrogens is 406 g/mol. The fourth-order valence-electron chi connectivity index (χ4n) is 4.79. The van der Waals surface area contributed by atoms with Crippen molar-refractivity contribution in [3.8, 4) is 18.2 Å². The number of allylic oxidation sites excluding steroid dienone is 2. The van der Waals surface area contributed by atoms with Gasteiger partial charge in [-0.15, -0.1) is 0 Å². The highest BCUT2D eigenvalue weighted by Crippen LogP contribution is 2.54. The molecule has 0 bridgehead atoms. The van der Waals surface area contributed by atoms with Crippen LogP contribution in [0.15, 0.2) is 77.5 Å². The average Bonchev–Trinajstić information content (AvgIpc) is 2.79. The highest BCUT2D eigenvalue weighted by molar-refractivity contribution is 6.30. The Kier molecular flexibility index (Phi) is 5.53. The quantitative estimate of drug-likeness (QED) is 0.791. The highest BCUT2D eigenvalue weighted by atomic mass is 35.5. The molecule has 2 atom stereocenters. The topological polar surface area (TPSA) is 101 Å². The van der Waals surface area contributed by atoms with Crippen LogP contribution in [-0.2, 0) is 6.54 Å². The Morgan fingerprint density at radius 1 is 1.06 bits per heavy atom. The Labute approximate surface area is 186 Å². The zero-order valence-electron chi connectivity index (χ0n) is 16.8. The van der Waals surface area contributed by atoms with Crippen molar-refractivity contribution in [2.75, 3.05) is 13.1 Å². The lowest BCUT2D eigenvalue weighted by Gasteiger charge is -2.45. The second-order valence-electron chi connectivity index (χ2n) is 7.91. The smallest absolute Gasteiger partial charge is 0.191 e. The van der Waals surface area contributed by atoms with Crippen LogP contribution >= 0.6 is 11.6 Å². The lowest BCUT2D eigenvalue weighted by atomic mass is 9.58. The van der Waals surface area contributed by atoms with Crippen molar-refractivity contribution < 1.29 is 0 Å². The van der Waals surface area contributed by atoms with Crippen LogP contribution in [0, 0.1) is 45.3 Å². The van der Waals surface area contributed by atoms with E-state index in [2.05, 4.69) is 35.2 Å². The number of hydrogen-bond acceptors (Lipinski definition) is 5. The number of nitrogens with two attached hydrogens (primary N) is 1. The lowest BCUT2D eigenvalue weighted by Crippen LogP contribution is -2.47. The van der Waals surface area contributed by atoms with E-state index >= 15 is 0 Å². The van der Waals surface area contributed by atoms with E-state index in [1.165, 1.54) is 5.56 Å². The van der Waals surface area contributed by atoms with Crippen LogP contribution in [0.25, 0.3) is 0 Å². The molecule has 0 fully saturated rings. The third kappa shape index (κ3) is 3.47. The molecule has 2 N–H and O–H groups in total. The van der Waals surface area contributed by atoms with Gasteiger partial charge >= 0.3 is 0 Å². The van der Waals surface area contributed by atoms with Crippen molar-refractivity contribution in [1.29, 1.82) is 15.8 Å². The summed E-state index contributed by atoms with van der Waals surface area (Å²) in [7, 11) is 0. The Hall–Kier alpha value is -3.56. The molecule has 0 amide bonds. The summed E-state index contributed by atoms with van der Waals surface area (Å²) >= 11 is 6.26. The monoisotopic (exact) mass is 425 g/mol. The molecule has 31 heavy (non-hydrogen) atoms.